The molecule has 0 atom stereocenters. The fourth-order valence-electron chi connectivity index (χ4n) is 1.81. The number of sulfonamides is 1. The summed E-state index contributed by atoms with van der Waals surface area (Å²) in [7, 11) is -1.60. The second-order valence-corrected chi connectivity index (χ2v) is 7.21. The van der Waals surface area contributed by atoms with Crippen LogP contribution in [0.2, 0.25) is 0 Å². The zero-order valence-electron chi connectivity index (χ0n) is 11.5. The highest BCUT2D eigenvalue weighted by atomic mass is 79.9. The number of nitrogens with zero attached hydrogens (tertiary/aromatic N) is 1. The third kappa shape index (κ3) is 5.11. The van der Waals surface area contributed by atoms with Crippen molar-refractivity contribution in [3.8, 4) is 0 Å². The molecule has 1 heterocycles. The van der Waals surface area contributed by atoms with Crippen molar-refractivity contribution < 1.29 is 8.42 Å². The zero-order valence-corrected chi connectivity index (χ0v) is 13.9. The topological polar surface area (TPSA) is 71.1 Å². The molecule has 112 valence electrons. The van der Waals surface area contributed by atoms with Crippen molar-refractivity contribution >= 4 is 31.8 Å². The van der Waals surface area contributed by atoms with Gasteiger partial charge in [-0.2, -0.15) is 0 Å². The number of nitrogens with one attached hydrogen (secondary N) is 2. The Morgan fingerprint density at radius 2 is 1.76 bits per heavy atom. The molecular formula is C14H16BrN3O2S. The second kappa shape index (κ2) is 7.02. The SMILES string of the molecule is CNCc1ccc(CS(=O)(=O)Nc2ccc(Br)cn2)cc1. The molecule has 0 saturated carbocycles. The van der Waals surface area contributed by atoms with Gasteiger partial charge in [-0.15, -0.1) is 0 Å². The van der Waals surface area contributed by atoms with Crippen molar-refractivity contribution in [2.45, 2.75) is 12.3 Å². The molecule has 21 heavy (non-hydrogen) atoms. The summed E-state index contributed by atoms with van der Waals surface area (Å²) in [5.74, 6) is 0.231. The predicted molar refractivity (Wildman–Crippen MR) is 87.4 cm³/mol. The Hall–Kier alpha value is -1.44. The van der Waals surface area contributed by atoms with Crippen molar-refractivity contribution in [1.82, 2.24) is 10.3 Å². The highest BCUT2D eigenvalue weighted by Gasteiger charge is 2.12. The summed E-state index contributed by atoms with van der Waals surface area (Å²) in [5, 5.41) is 3.05. The number of hydrogen-bond acceptors (Lipinski definition) is 4. The van der Waals surface area contributed by atoms with Gasteiger partial charge in [0.25, 0.3) is 0 Å². The first-order valence-corrected chi connectivity index (χ1v) is 8.77. The fourth-order valence-corrected chi connectivity index (χ4v) is 3.19. The molecule has 0 aliphatic heterocycles. The van der Waals surface area contributed by atoms with Gasteiger partial charge in [0, 0.05) is 17.2 Å². The average Bonchev–Trinajstić information content (AvgIpc) is 2.43. The van der Waals surface area contributed by atoms with E-state index in [1.165, 1.54) is 0 Å². The highest BCUT2D eigenvalue weighted by molar-refractivity contribution is 9.10. The van der Waals surface area contributed by atoms with Gasteiger partial charge in [-0.25, -0.2) is 13.4 Å². The molecule has 2 aromatic rings. The van der Waals surface area contributed by atoms with Gasteiger partial charge in [-0.05, 0) is 46.2 Å². The summed E-state index contributed by atoms with van der Waals surface area (Å²) < 4.78 is 27.4. The van der Waals surface area contributed by atoms with Gasteiger partial charge in [0.05, 0.1) is 5.75 Å². The number of rotatable bonds is 6. The molecule has 1 aromatic carbocycles. The first-order valence-electron chi connectivity index (χ1n) is 6.33. The van der Waals surface area contributed by atoms with Crippen LogP contribution in [0.25, 0.3) is 0 Å². The van der Waals surface area contributed by atoms with Crippen molar-refractivity contribution in [3.63, 3.8) is 0 Å². The summed E-state index contributed by atoms with van der Waals surface area (Å²) >= 11 is 3.25. The van der Waals surface area contributed by atoms with Crippen LogP contribution in [0.5, 0.6) is 0 Å². The minimum absolute atomic E-state index is 0.0788. The van der Waals surface area contributed by atoms with E-state index in [1.54, 1.807) is 18.3 Å². The number of aromatic nitrogens is 1. The van der Waals surface area contributed by atoms with E-state index in [0.717, 1.165) is 22.1 Å². The highest BCUT2D eigenvalue weighted by Crippen LogP contribution is 2.14. The van der Waals surface area contributed by atoms with E-state index in [-0.39, 0.29) is 5.75 Å². The van der Waals surface area contributed by atoms with Gasteiger partial charge in [0.2, 0.25) is 10.0 Å². The Balaban J connectivity index is 2.04. The van der Waals surface area contributed by atoms with E-state index in [0.29, 0.717) is 5.82 Å². The summed E-state index contributed by atoms with van der Waals surface area (Å²) in [6.07, 6.45) is 1.55. The van der Waals surface area contributed by atoms with E-state index < -0.39 is 10.0 Å². The van der Waals surface area contributed by atoms with Crippen LogP contribution in [0.3, 0.4) is 0 Å². The Bertz CT molecular complexity index is 685. The zero-order chi connectivity index (χ0) is 15.3. The monoisotopic (exact) mass is 369 g/mol. The van der Waals surface area contributed by atoms with Crippen LogP contribution in [-0.2, 0) is 22.3 Å². The lowest BCUT2D eigenvalue weighted by molar-refractivity contribution is 0.600. The van der Waals surface area contributed by atoms with Crippen LogP contribution in [-0.4, -0.2) is 20.4 Å². The Kier molecular flexibility index (Phi) is 5.33. The molecule has 0 radical (unpaired) electrons. The van der Waals surface area contributed by atoms with Gasteiger partial charge in [0.15, 0.2) is 0 Å². The normalized spacial score (nSPS) is 11.3. The van der Waals surface area contributed by atoms with Crippen LogP contribution >= 0.6 is 15.9 Å². The van der Waals surface area contributed by atoms with Gasteiger partial charge >= 0.3 is 0 Å². The molecule has 0 spiro atoms. The third-order valence-electron chi connectivity index (χ3n) is 2.75. The van der Waals surface area contributed by atoms with E-state index >= 15 is 0 Å². The lowest BCUT2D eigenvalue weighted by atomic mass is 10.1. The number of benzene rings is 1. The van der Waals surface area contributed by atoms with Crippen LogP contribution < -0.4 is 10.0 Å². The second-order valence-electron chi connectivity index (χ2n) is 4.57. The molecule has 2 rings (SSSR count). The summed E-state index contributed by atoms with van der Waals surface area (Å²) in [6.45, 7) is 0.758. The quantitative estimate of drug-likeness (QED) is 0.820. The molecular weight excluding hydrogens is 354 g/mol. The molecule has 1 aromatic heterocycles. The minimum Gasteiger partial charge on any atom is -0.316 e. The molecule has 2 N–H and O–H groups in total. The molecule has 0 unspecified atom stereocenters. The Morgan fingerprint density at radius 3 is 2.33 bits per heavy atom. The molecule has 7 heteroatoms. The number of pyridine rings is 1. The first-order chi connectivity index (χ1) is 9.98. The number of halogens is 1. The van der Waals surface area contributed by atoms with Gasteiger partial charge in [-0.3, -0.25) is 4.72 Å². The third-order valence-corrected chi connectivity index (χ3v) is 4.45. The van der Waals surface area contributed by atoms with Crippen LogP contribution in [0, 0.1) is 0 Å². The maximum atomic E-state index is 12.1. The average molecular weight is 370 g/mol. The molecule has 0 bridgehead atoms. The summed E-state index contributed by atoms with van der Waals surface area (Å²) in [5.41, 5.74) is 1.85. The smallest absolute Gasteiger partial charge is 0.238 e. The minimum atomic E-state index is -3.47. The maximum absolute atomic E-state index is 12.1. The van der Waals surface area contributed by atoms with Crippen molar-refractivity contribution in [3.05, 3.63) is 58.2 Å². The van der Waals surface area contributed by atoms with Crippen LogP contribution in [0.4, 0.5) is 5.82 Å². The molecule has 0 saturated heterocycles. The Morgan fingerprint density at radius 1 is 1.10 bits per heavy atom. The predicted octanol–water partition coefficient (Wildman–Crippen LogP) is 2.51. The standard InChI is InChI=1S/C14H16BrN3O2S/c1-16-8-11-2-4-12(5-3-11)10-21(19,20)18-14-7-6-13(15)9-17-14/h2-7,9,16H,8,10H2,1H3,(H,17,18). The lowest BCUT2D eigenvalue weighted by Crippen LogP contribution is -2.16. The molecule has 5 nitrogen and oxygen atoms in total. The Labute approximate surface area is 133 Å². The number of anilines is 1. The lowest BCUT2D eigenvalue weighted by Gasteiger charge is -2.08. The van der Waals surface area contributed by atoms with Gasteiger partial charge in [0.1, 0.15) is 5.82 Å². The molecule has 0 fully saturated rings. The largest absolute Gasteiger partial charge is 0.316 e. The van der Waals surface area contributed by atoms with Gasteiger partial charge < -0.3 is 5.32 Å². The van der Waals surface area contributed by atoms with Crippen LogP contribution in [0.15, 0.2) is 47.1 Å². The van der Waals surface area contributed by atoms with Gasteiger partial charge in [-0.1, -0.05) is 24.3 Å². The van der Waals surface area contributed by atoms with Crippen molar-refractivity contribution in [1.29, 1.82) is 0 Å². The first kappa shape index (κ1) is 15.9. The summed E-state index contributed by atoms with van der Waals surface area (Å²) in [6, 6.07) is 10.8. The van der Waals surface area contributed by atoms with E-state index in [1.807, 2.05) is 31.3 Å². The summed E-state index contributed by atoms with van der Waals surface area (Å²) in [4.78, 5) is 4.00. The molecule has 0 amide bonds. The van der Waals surface area contributed by atoms with E-state index in [2.05, 4.69) is 31.0 Å². The van der Waals surface area contributed by atoms with E-state index in [9.17, 15) is 8.42 Å². The van der Waals surface area contributed by atoms with E-state index in [4.69, 9.17) is 0 Å². The van der Waals surface area contributed by atoms with Crippen LogP contribution in [0.1, 0.15) is 11.1 Å². The van der Waals surface area contributed by atoms with Crippen molar-refractivity contribution in [2.75, 3.05) is 11.8 Å². The fraction of sp³-hybridized carbons (Fsp3) is 0.214. The molecule has 0 aliphatic carbocycles. The van der Waals surface area contributed by atoms with Crippen molar-refractivity contribution in [2.24, 2.45) is 0 Å². The maximum Gasteiger partial charge on any atom is 0.238 e. The molecule has 0 aliphatic rings. The number of hydrogen-bond donors (Lipinski definition) is 2.